The quantitative estimate of drug-likeness (QED) is 0.804. The first-order valence-corrected chi connectivity index (χ1v) is 6.59. The van der Waals surface area contributed by atoms with E-state index in [4.69, 9.17) is 22.1 Å². The molecule has 0 aliphatic carbocycles. The Hall–Kier alpha value is -2.27. The molecule has 0 amide bonds. The molecule has 2 aromatic heterocycles. The summed E-state index contributed by atoms with van der Waals surface area (Å²) in [5.41, 5.74) is 8.17. The van der Waals surface area contributed by atoms with Gasteiger partial charge in [-0.3, -0.25) is 4.57 Å². The van der Waals surface area contributed by atoms with Gasteiger partial charge in [-0.2, -0.15) is 0 Å². The maximum atomic E-state index is 5.99. The van der Waals surface area contributed by atoms with Gasteiger partial charge in [0.15, 0.2) is 5.65 Å². The van der Waals surface area contributed by atoms with Crippen LogP contribution in [0.2, 0.25) is 5.02 Å². The van der Waals surface area contributed by atoms with Gasteiger partial charge in [0.1, 0.15) is 11.3 Å². The fourth-order valence-corrected chi connectivity index (χ4v) is 2.24. The van der Waals surface area contributed by atoms with Crippen molar-refractivity contribution in [3.8, 4) is 11.4 Å². The van der Waals surface area contributed by atoms with Crippen molar-refractivity contribution in [1.29, 1.82) is 0 Å². The number of hydrogen-bond donors (Lipinski definition) is 1. The van der Waals surface area contributed by atoms with Crippen molar-refractivity contribution in [1.82, 2.24) is 14.5 Å². The first kappa shape index (κ1) is 12.7. The summed E-state index contributed by atoms with van der Waals surface area (Å²) in [6.45, 7) is 2.55. The average Bonchev–Trinajstić information content (AvgIpc) is 2.74. The maximum absolute atomic E-state index is 5.99. The predicted molar refractivity (Wildman–Crippen MR) is 79.5 cm³/mol. The van der Waals surface area contributed by atoms with Gasteiger partial charge in [-0.1, -0.05) is 17.7 Å². The standard InChI is InChI=1S/C14H13ClN4O/c1-2-20-11-5-3-4-10(7-11)19-13-12(18-14(19)16)6-9(15)8-17-13/h3-8H,2H2,1H3,(H2,16,18). The molecule has 0 aliphatic heterocycles. The van der Waals surface area contributed by atoms with Crippen molar-refractivity contribution in [2.75, 3.05) is 12.3 Å². The van der Waals surface area contributed by atoms with Gasteiger partial charge in [0.25, 0.3) is 0 Å². The molecule has 6 heteroatoms. The molecule has 102 valence electrons. The third-order valence-electron chi connectivity index (χ3n) is 2.88. The number of aromatic nitrogens is 3. The molecule has 0 radical (unpaired) electrons. The average molecular weight is 289 g/mol. The number of ether oxygens (including phenoxy) is 1. The summed E-state index contributed by atoms with van der Waals surface area (Å²) in [4.78, 5) is 8.58. The second-order valence-corrected chi connectivity index (χ2v) is 4.67. The Morgan fingerprint density at radius 2 is 2.20 bits per heavy atom. The minimum Gasteiger partial charge on any atom is -0.494 e. The Balaban J connectivity index is 2.18. The zero-order valence-electron chi connectivity index (χ0n) is 10.9. The fraction of sp³-hybridized carbons (Fsp3) is 0.143. The van der Waals surface area contributed by atoms with Crippen molar-refractivity contribution < 1.29 is 4.74 Å². The lowest BCUT2D eigenvalue weighted by atomic mass is 10.3. The SMILES string of the molecule is CCOc1cccc(-n2c(N)nc3cc(Cl)cnc32)c1. The Kier molecular flexibility index (Phi) is 3.20. The molecule has 1 aromatic carbocycles. The van der Waals surface area contributed by atoms with Crippen LogP contribution < -0.4 is 10.5 Å². The van der Waals surface area contributed by atoms with E-state index >= 15 is 0 Å². The van der Waals surface area contributed by atoms with E-state index in [1.807, 2.05) is 31.2 Å². The van der Waals surface area contributed by atoms with E-state index in [2.05, 4.69) is 9.97 Å². The lowest BCUT2D eigenvalue weighted by molar-refractivity contribution is 0.340. The van der Waals surface area contributed by atoms with Crippen molar-refractivity contribution >= 4 is 28.7 Å². The summed E-state index contributed by atoms with van der Waals surface area (Å²) in [6, 6.07) is 9.37. The smallest absolute Gasteiger partial charge is 0.207 e. The van der Waals surface area contributed by atoms with Crippen molar-refractivity contribution in [3.63, 3.8) is 0 Å². The number of fused-ring (bicyclic) bond motifs is 1. The van der Waals surface area contributed by atoms with Crippen LogP contribution in [0.4, 0.5) is 5.95 Å². The molecular weight excluding hydrogens is 276 g/mol. The number of nitrogens with two attached hydrogens (primary N) is 1. The van der Waals surface area contributed by atoms with E-state index in [0.717, 1.165) is 11.4 Å². The highest BCUT2D eigenvalue weighted by Crippen LogP contribution is 2.25. The molecule has 2 N–H and O–H groups in total. The second-order valence-electron chi connectivity index (χ2n) is 4.23. The van der Waals surface area contributed by atoms with Gasteiger partial charge in [0, 0.05) is 12.3 Å². The Labute approximate surface area is 121 Å². The summed E-state index contributed by atoms with van der Waals surface area (Å²) >= 11 is 5.92. The largest absolute Gasteiger partial charge is 0.494 e. The highest BCUT2D eigenvalue weighted by atomic mass is 35.5. The molecule has 0 bridgehead atoms. The summed E-state index contributed by atoms with van der Waals surface area (Å²) < 4.78 is 7.27. The highest BCUT2D eigenvalue weighted by Gasteiger charge is 2.12. The van der Waals surface area contributed by atoms with E-state index in [1.165, 1.54) is 0 Å². The molecule has 0 spiro atoms. The maximum Gasteiger partial charge on any atom is 0.207 e. The molecule has 5 nitrogen and oxygen atoms in total. The third-order valence-corrected chi connectivity index (χ3v) is 3.08. The monoisotopic (exact) mass is 288 g/mol. The molecular formula is C14H13ClN4O. The molecule has 0 aliphatic rings. The topological polar surface area (TPSA) is 66.0 Å². The highest BCUT2D eigenvalue weighted by molar-refractivity contribution is 6.31. The number of pyridine rings is 1. The molecule has 0 unspecified atom stereocenters. The van der Waals surface area contributed by atoms with E-state index < -0.39 is 0 Å². The molecule has 0 atom stereocenters. The first-order valence-electron chi connectivity index (χ1n) is 6.21. The lowest BCUT2D eigenvalue weighted by Crippen LogP contribution is -2.02. The predicted octanol–water partition coefficient (Wildman–Crippen LogP) is 3.05. The lowest BCUT2D eigenvalue weighted by Gasteiger charge is -2.08. The van der Waals surface area contributed by atoms with E-state index in [1.54, 1.807) is 16.8 Å². The molecule has 3 rings (SSSR count). The van der Waals surface area contributed by atoms with Crippen LogP contribution in [-0.2, 0) is 0 Å². The number of imidazole rings is 1. The molecule has 0 fully saturated rings. The van der Waals surface area contributed by atoms with Gasteiger partial charge in [0.2, 0.25) is 5.95 Å². The van der Waals surface area contributed by atoms with E-state index in [0.29, 0.717) is 28.7 Å². The molecule has 0 saturated heterocycles. The number of rotatable bonds is 3. The number of nitrogen functional groups attached to an aromatic ring is 1. The Morgan fingerprint density at radius 3 is 3.00 bits per heavy atom. The van der Waals surface area contributed by atoms with Crippen molar-refractivity contribution in [2.24, 2.45) is 0 Å². The number of benzene rings is 1. The van der Waals surface area contributed by atoms with Crippen LogP contribution in [0.1, 0.15) is 6.92 Å². The molecule has 20 heavy (non-hydrogen) atoms. The summed E-state index contributed by atoms with van der Waals surface area (Å²) in [5.74, 6) is 1.14. The van der Waals surface area contributed by atoms with Gasteiger partial charge in [-0.05, 0) is 25.1 Å². The number of hydrogen-bond acceptors (Lipinski definition) is 4. The van der Waals surface area contributed by atoms with Crippen LogP contribution in [-0.4, -0.2) is 21.1 Å². The molecule has 2 heterocycles. The Morgan fingerprint density at radius 1 is 1.35 bits per heavy atom. The summed E-state index contributed by atoms with van der Waals surface area (Å²) in [5, 5.41) is 0.533. The van der Waals surface area contributed by atoms with Gasteiger partial charge < -0.3 is 10.5 Å². The first-order chi connectivity index (χ1) is 9.69. The second kappa shape index (κ2) is 5.02. The minimum atomic E-state index is 0.364. The van der Waals surface area contributed by atoms with Crippen LogP contribution in [0.25, 0.3) is 16.9 Å². The third kappa shape index (κ3) is 2.16. The van der Waals surface area contributed by atoms with Gasteiger partial charge in [-0.25, -0.2) is 9.97 Å². The van der Waals surface area contributed by atoms with Gasteiger partial charge >= 0.3 is 0 Å². The van der Waals surface area contributed by atoms with Crippen LogP contribution >= 0.6 is 11.6 Å². The van der Waals surface area contributed by atoms with Gasteiger partial charge in [0.05, 0.1) is 17.3 Å². The number of anilines is 1. The summed E-state index contributed by atoms with van der Waals surface area (Å²) in [6.07, 6.45) is 1.58. The normalized spacial score (nSPS) is 10.9. The van der Waals surface area contributed by atoms with Crippen LogP contribution in [0, 0.1) is 0 Å². The fourth-order valence-electron chi connectivity index (χ4n) is 2.09. The Bertz CT molecular complexity index is 769. The minimum absolute atomic E-state index is 0.364. The van der Waals surface area contributed by atoms with Crippen molar-refractivity contribution in [3.05, 3.63) is 41.6 Å². The van der Waals surface area contributed by atoms with Gasteiger partial charge in [-0.15, -0.1) is 0 Å². The molecule has 0 saturated carbocycles. The number of nitrogens with zero attached hydrogens (tertiary/aromatic N) is 3. The summed E-state index contributed by atoms with van der Waals surface area (Å²) in [7, 11) is 0. The zero-order chi connectivity index (χ0) is 14.1. The van der Waals surface area contributed by atoms with E-state index in [-0.39, 0.29) is 0 Å². The van der Waals surface area contributed by atoms with E-state index in [9.17, 15) is 0 Å². The van der Waals surface area contributed by atoms with Crippen molar-refractivity contribution in [2.45, 2.75) is 6.92 Å². The zero-order valence-corrected chi connectivity index (χ0v) is 11.6. The van der Waals surface area contributed by atoms with Crippen LogP contribution in [0.5, 0.6) is 5.75 Å². The van der Waals surface area contributed by atoms with Crippen LogP contribution in [0.15, 0.2) is 36.5 Å². The molecule has 3 aromatic rings. The number of halogens is 1. The van der Waals surface area contributed by atoms with Crippen LogP contribution in [0.3, 0.4) is 0 Å².